The van der Waals surface area contributed by atoms with Gasteiger partial charge in [-0.05, 0) is 36.9 Å². The highest BCUT2D eigenvalue weighted by atomic mass is 28.3. The molecule has 0 saturated carbocycles. The van der Waals surface area contributed by atoms with Crippen molar-refractivity contribution in [3.05, 3.63) is 77.5 Å². The molecule has 168 valence electrons. The zero-order valence-electron chi connectivity index (χ0n) is 19.6. The molecule has 0 radical (unpaired) electrons. The fraction of sp³-hybridized carbons (Fsp3) is 0.429. The lowest BCUT2D eigenvalue weighted by molar-refractivity contribution is -0.122. The Kier molecular flexibility index (Phi) is 6.80. The number of nitrogens with zero attached hydrogens (tertiary/aromatic N) is 1. The predicted molar refractivity (Wildman–Crippen MR) is 134 cm³/mol. The van der Waals surface area contributed by atoms with Crippen molar-refractivity contribution < 1.29 is 9.59 Å². The Hall–Kier alpha value is -2.46. The SMILES string of the molecule is CCCCC[C@H]1C=C([Si](C)(C)Cc2ccccc2)C[C@H]2C(=O)N(c3ccccc3)C(=O)[C@@H]12. The molecular weight excluding hydrogens is 410 g/mol. The highest BCUT2D eigenvalue weighted by Gasteiger charge is 2.53. The van der Waals surface area contributed by atoms with E-state index in [1.807, 2.05) is 30.3 Å². The molecule has 2 aromatic carbocycles. The van der Waals surface area contributed by atoms with Gasteiger partial charge in [0.25, 0.3) is 0 Å². The van der Waals surface area contributed by atoms with Gasteiger partial charge in [-0.3, -0.25) is 14.5 Å². The summed E-state index contributed by atoms with van der Waals surface area (Å²) in [5, 5.41) is 1.47. The maximum atomic E-state index is 13.6. The van der Waals surface area contributed by atoms with E-state index < -0.39 is 8.07 Å². The Morgan fingerprint density at radius 2 is 1.56 bits per heavy atom. The highest BCUT2D eigenvalue weighted by Crippen LogP contribution is 2.46. The molecular formula is C28H35NO2Si. The molecule has 0 aromatic heterocycles. The first-order chi connectivity index (χ1) is 15.4. The smallest absolute Gasteiger partial charge is 0.238 e. The Balaban J connectivity index is 1.65. The molecule has 0 unspecified atom stereocenters. The molecule has 1 saturated heterocycles. The van der Waals surface area contributed by atoms with E-state index in [4.69, 9.17) is 0 Å². The molecule has 2 aliphatic rings. The average molecular weight is 446 g/mol. The van der Waals surface area contributed by atoms with Crippen molar-refractivity contribution in [2.24, 2.45) is 17.8 Å². The molecule has 2 amide bonds. The number of para-hydroxylation sites is 1. The topological polar surface area (TPSA) is 37.4 Å². The maximum absolute atomic E-state index is 13.6. The summed E-state index contributed by atoms with van der Waals surface area (Å²) in [7, 11) is -1.77. The van der Waals surface area contributed by atoms with Gasteiger partial charge in [0.15, 0.2) is 0 Å². The van der Waals surface area contributed by atoms with Crippen molar-refractivity contribution in [1.29, 1.82) is 0 Å². The number of hydrogen-bond donors (Lipinski definition) is 0. The monoisotopic (exact) mass is 445 g/mol. The van der Waals surface area contributed by atoms with Crippen LogP contribution < -0.4 is 4.90 Å². The zero-order valence-corrected chi connectivity index (χ0v) is 20.6. The van der Waals surface area contributed by atoms with Gasteiger partial charge in [0.1, 0.15) is 0 Å². The van der Waals surface area contributed by atoms with Crippen LogP contribution in [-0.4, -0.2) is 19.9 Å². The van der Waals surface area contributed by atoms with Crippen molar-refractivity contribution in [2.75, 3.05) is 4.90 Å². The Bertz CT molecular complexity index is 983. The quantitative estimate of drug-likeness (QED) is 0.270. The number of benzene rings is 2. The molecule has 4 heteroatoms. The first kappa shape index (κ1) is 22.7. The minimum absolute atomic E-state index is 0.00167. The number of anilines is 1. The molecule has 1 fully saturated rings. The second-order valence-corrected chi connectivity index (χ2v) is 14.8. The van der Waals surface area contributed by atoms with Crippen LogP contribution in [0.15, 0.2) is 71.9 Å². The van der Waals surface area contributed by atoms with Crippen molar-refractivity contribution in [3.8, 4) is 0 Å². The van der Waals surface area contributed by atoms with Crippen LogP contribution in [0.5, 0.6) is 0 Å². The normalized spacial score (nSPS) is 23.3. The molecule has 4 rings (SSSR count). The minimum Gasteiger partial charge on any atom is -0.274 e. The predicted octanol–water partition coefficient (Wildman–Crippen LogP) is 6.35. The fourth-order valence-corrected chi connectivity index (χ4v) is 8.48. The van der Waals surface area contributed by atoms with Crippen LogP contribution in [0.25, 0.3) is 0 Å². The molecule has 0 N–H and O–H groups in total. The first-order valence-corrected chi connectivity index (χ1v) is 15.3. The largest absolute Gasteiger partial charge is 0.274 e. The van der Waals surface area contributed by atoms with E-state index in [1.165, 1.54) is 22.1 Å². The summed E-state index contributed by atoms with van der Waals surface area (Å²) in [6, 6.07) is 21.2. The highest BCUT2D eigenvalue weighted by molar-refractivity contribution is 6.83. The van der Waals surface area contributed by atoms with E-state index in [9.17, 15) is 9.59 Å². The summed E-state index contributed by atoms with van der Waals surface area (Å²) in [6.45, 7) is 7.05. The van der Waals surface area contributed by atoms with E-state index in [2.05, 4.69) is 56.4 Å². The molecule has 32 heavy (non-hydrogen) atoms. The summed E-state index contributed by atoms with van der Waals surface area (Å²) in [5.41, 5.74) is 2.08. The molecule has 0 spiro atoms. The van der Waals surface area contributed by atoms with Gasteiger partial charge in [-0.25, -0.2) is 0 Å². The van der Waals surface area contributed by atoms with Crippen LogP contribution in [0.4, 0.5) is 5.69 Å². The van der Waals surface area contributed by atoms with E-state index in [-0.39, 0.29) is 29.6 Å². The first-order valence-electron chi connectivity index (χ1n) is 12.1. The van der Waals surface area contributed by atoms with Crippen LogP contribution in [-0.2, 0) is 15.6 Å². The number of rotatable bonds is 8. The van der Waals surface area contributed by atoms with Crippen LogP contribution in [0.3, 0.4) is 0 Å². The Morgan fingerprint density at radius 1 is 0.906 bits per heavy atom. The van der Waals surface area contributed by atoms with Gasteiger partial charge < -0.3 is 0 Å². The number of allylic oxidation sites excluding steroid dienone is 2. The standard InChI is InChI=1S/C28H35NO2Si/c1-4-5-8-15-22-18-24(32(2,3)20-21-13-9-6-10-14-21)19-25-26(22)28(31)29(27(25)30)23-16-11-7-12-17-23/h6-7,9-14,16-18,22,25-26H,4-5,8,15,19-20H2,1-3H3/t22-,25+,26-/m0/s1. The van der Waals surface area contributed by atoms with Crippen molar-refractivity contribution in [1.82, 2.24) is 0 Å². The fourth-order valence-electron chi connectivity index (χ4n) is 5.56. The summed E-state index contributed by atoms with van der Waals surface area (Å²) in [5.74, 6) is -0.239. The maximum Gasteiger partial charge on any atom is 0.238 e. The second-order valence-electron chi connectivity index (χ2n) is 10.1. The van der Waals surface area contributed by atoms with Crippen LogP contribution in [0, 0.1) is 17.8 Å². The number of hydrogen-bond acceptors (Lipinski definition) is 2. The lowest BCUT2D eigenvalue weighted by Gasteiger charge is -2.36. The molecule has 1 aliphatic heterocycles. The molecule has 0 bridgehead atoms. The minimum atomic E-state index is -1.77. The number of carbonyl (C=O) groups is 2. The Labute approximate surface area is 193 Å². The lowest BCUT2D eigenvalue weighted by atomic mass is 9.75. The van der Waals surface area contributed by atoms with E-state index >= 15 is 0 Å². The molecule has 1 aliphatic carbocycles. The summed E-state index contributed by atoms with van der Waals surface area (Å²) in [4.78, 5) is 28.6. The van der Waals surface area contributed by atoms with Gasteiger partial charge in [0, 0.05) is 0 Å². The number of carbonyl (C=O) groups excluding carboxylic acids is 2. The van der Waals surface area contributed by atoms with Gasteiger partial charge >= 0.3 is 0 Å². The summed E-state index contributed by atoms with van der Waals surface area (Å²) in [6.07, 6.45) is 7.62. The van der Waals surface area contributed by atoms with Crippen LogP contribution in [0.1, 0.15) is 44.6 Å². The van der Waals surface area contributed by atoms with Crippen LogP contribution >= 0.6 is 0 Å². The van der Waals surface area contributed by atoms with Crippen LogP contribution in [0.2, 0.25) is 13.1 Å². The third-order valence-electron chi connectivity index (χ3n) is 7.31. The second kappa shape index (κ2) is 9.58. The van der Waals surface area contributed by atoms with Crippen molar-refractivity contribution >= 4 is 25.6 Å². The van der Waals surface area contributed by atoms with Gasteiger partial charge in [0.05, 0.1) is 25.6 Å². The van der Waals surface area contributed by atoms with E-state index in [0.29, 0.717) is 5.69 Å². The van der Waals surface area contributed by atoms with Gasteiger partial charge in [-0.2, -0.15) is 0 Å². The lowest BCUT2D eigenvalue weighted by Crippen LogP contribution is -2.39. The molecule has 3 atom stereocenters. The van der Waals surface area contributed by atoms with E-state index in [0.717, 1.165) is 31.7 Å². The summed E-state index contributed by atoms with van der Waals surface area (Å²) >= 11 is 0. The Morgan fingerprint density at radius 3 is 2.22 bits per heavy atom. The van der Waals surface area contributed by atoms with Crippen molar-refractivity contribution in [3.63, 3.8) is 0 Å². The zero-order chi connectivity index (χ0) is 22.7. The molecule has 3 nitrogen and oxygen atoms in total. The molecule has 1 heterocycles. The third kappa shape index (κ3) is 4.51. The number of imide groups is 1. The summed E-state index contributed by atoms with van der Waals surface area (Å²) < 4.78 is 0. The van der Waals surface area contributed by atoms with Crippen molar-refractivity contribution in [2.45, 2.75) is 58.2 Å². The van der Waals surface area contributed by atoms with Gasteiger partial charge in [-0.1, -0.05) is 105 Å². The molecule has 2 aromatic rings. The van der Waals surface area contributed by atoms with Gasteiger partial charge in [0.2, 0.25) is 11.8 Å². The third-order valence-corrected chi connectivity index (χ3v) is 10.7. The number of amides is 2. The van der Waals surface area contributed by atoms with Gasteiger partial charge in [-0.15, -0.1) is 0 Å². The average Bonchev–Trinajstić information content (AvgIpc) is 3.05. The number of unbranched alkanes of at least 4 members (excludes halogenated alkanes) is 2. The van der Waals surface area contributed by atoms with E-state index in [1.54, 1.807) is 0 Å². The number of fused-ring (bicyclic) bond motifs is 1.